The lowest BCUT2D eigenvalue weighted by Gasteiger charge is -2.40. The van der Waals surface area contributed by atoms with Crippen LogP contribution in [0.4, 0.5) is 0 Å². The molecule has 1 aliphatic heterocycles. The number of allylic oxidation sites excluding steroid dienone is 1. The number of hydrogen-bond acceptors (Lipinski definition) is 8. The van der Waals surface area contributed by atoms with E-state index in [9.17, 15) is 30.3 Å². The molecule has 1 saturated heterocycles. The van der Waals surface area contributed by atoms with Crippen molar-refractivity contribution in [2.45, 2.75) is 314 Å². The predicted octanol–water partition coefficient (Wildman–Crippen LogP) is 12.8. The molecule has 0 bridgehead atoms. The minimum Gasteiger partial charge on any atom is -0.394 e. The maximum atomic E-state index is 13.0. The van der Waals surface area contributed by atoms with Crippen LogP contribution in [0.1, 0.15) is 271 Å². The van der Waals surface area contributed by atoms with E-state index in [0.717, 1.165) is 38.5 Å². The second-order valence-electron chi connectivity index (χ2n) is 19.4. The quantitative estimate of drug-likeness (QED) is 0.0261. The van der Waals surface area contributed by atoms with E-state index in [4.69, 9.17) is 9.47 Å². The first-order chi connectivity index (χ1) is 30.8. The lowest BCUT2D eigenvalue weighted by molar-refractivity contribution is -0.302. The smallest absolute Gasteiger partial charge is 0.220 e. The fraction of sp³-hybridized carbons (Fsp3) is 0.944. The summed E-state index contributed by atoms with van der Waals surface area (Å²) in [6.45, 7) is 3.81. The first-order valence-corrected chi connectivity index (χ1v) is 27.4. The summed E-state index contributed by atoms with van der Waals surface area (Å²) in [6, 6.07) is -0.799. The molecule has 9 nitrogen and oxygen atoms in total. The van der Waals surface area contributed by atoms with E-state index in [-0.39, 0.29) is 12.5 Å². The van der Waals surface area contributed by atoms with E-state index in [1.807, 2.05) is 6.08 Å². The highest BCUT2D eigenvalue weighted by molar-refractivity contribution is 5.76. The minimum absolute atomic E-state index is 0.172. The van der Waals surface area contributed by atoms with E-state index < -0.39 is 49.5 Å². The molecule has 374 valence electrons. The van der Waals surface area contributed by atoms with Crippen molar-refractivity contribution in [2.24, 2.45) is 0 Å². The molecule has 0 aromatic heterocycles. The van der Waals surface area contributed by atoms with Gasteiger partial charge < -0.3 is 40.3 Å². The highest BCUT2D eigenvalue weighted by atomic mass is 16.7. The first kappa shape index (κ1) is 59.9. The van der Waals surface area contributed by atoms with Gasteiger partial charge in [-0.05, 0) is 19.3 Å². The molecular weight excluding hydrogens is 791 g/mol. The van der Waals surface area contributed by atoms with Crippen molar-refractivity contribution < 1.29 is 39.8 Å². The molecule has 0 saturated carbocycles. The predicted molar refractivity (Wildman–Crippen MR) is 263 cm³/mol. The molecule has 0 aliphatic carbocycles. The van der Waals surface area contributed by atoms with Gasteiger partial charge in [0, 0.05) is 6.42 Å². The summed E-state index contributed by atoms with van der Waals surface area (Å²) < 4.78 is 11.3. The molecule has 1 amide bonds. The Hall–Kier alpha value is -1.07. The van der Waals surface area contributed by atoms with Crippen molar-refractivity contribution in [3.8, 4) is 0 Å². The topological polar surface area (TPSA) is 149 Å². The zero-order valence-electron chi connectivity index (χ0n) is 41.4. The monoisotopic (exact) mass is 896 g/mol. The molecule has 7 unspecified atom stereocenters. The summed E-state index contributed by atoms with van der Waals surface area (Å²) in [5.41, 5.74) is 0. The molecule has 1 fully saturated rings. The van der Waals surface area contributed by atoms with Crippen molar-refractivity contribution in [1.82, 2.24) is 5.32 Å². The van der Waals surface area contributed by atoms with Gasteiger partial charge in [-0.15, -0.1) is 0 Å². The summed E-state index contributed by atoms with van der Waals surface area (Å²) in [4.78, 5) is 13.0. The van der Waals surface area contributed by atoms with Crippen molar-refractivity contribution in [2.75, 3.05) is 13.2 Å². The van der Waals surface area contributed by atoms with Crippen molar-refractivity contribution >= 4 is 5.91 Å². The number of ether oxygens (including phenoxy) is 2. The highest BCUT2D eigenvalue weighted by Crippen LogP contribution is 2.23. The van der Waals surface area contributed by atoms with Gasteiger partial charge in [-0.2, -0.15) is 0 Å². The van der Waals surface area contributed by atoms with Crippen molar-refractivity contribution in [1.29, 1.82) is 0 Å². The number of aliphatic hydroxyl groups is 5. The van der Waals surface area contributed by atoms with Gasteiger partial charge in [0.05, 0.1) is 25.4 Å². The Balaban J connectivity index is 2.23. The number of aliphatic hydroxyl groups excluding tert-OH is 5. The summed E-state index contributed by atoms with van der Waals surface area (Å²) in [5, 5.41) is 54.4. The number of amides is 1. The second-order valence-corrected chi connectivity index (χ2v) is 19.4. The third-order valence-electron chi connectivity index (χ3n) is 13.4. The van der Waals surface area contributed by atoms with E-state index >= 15 is 0 Å². The largest absolute Gasteiger partial charge is 0.394 e. The lowest BCUT2D eigenvalue weighted by Crippen LogP contribution is -2.60. The normalized spacial score (nSPS) is 20.1. The Morgan fingerprint density at radius 1 is 0.524 bits per heavy atom. The van der Waals surface area contributed by atoms with Gasteiger partial charge in [0.25, 0.3) is 0 Å². The summed E-state index contributed by atoms with van der Waals surface area (Å²) >= 11 is 0. The summed E-state index contributed by atoms with van der Waals surface area (Å²) in [6.07, 6.45) is 47.0. The van der Waals surface area contributed by atoms with Crippen molar-refractivity contribution in [3.63, 3.8) is 0 Å². The SMILES string of the molecule is CCCCCCCCCCCCCCCCCCCCCCCCC/C=C/C(O)C(COC1OC(CO)C(O)C(O)C1O)NC(=O)CCCCCCCCCCCCCCCCC. The van der Waals surface area contributed by atoms with Gasteiger partial charge in [-0.1, -0.05) is 257 Å². The van der Waals surface area contributed by atoms with Gasteiger partial charge in [0.15, 0.2) is 6.29 Å². The fourth-order valence-corrected chi connectivity index (χ4v) is 8.98. The summed E-state index contributed by atoms with van der Waals surface area (Å²) in [7, 11) is 0. The number of hydrogen-bond donors (Lipinski definition) is 6. The Labute approximate surface area is 388 Å². The maximum Gasteiger partial charge on any atom is 0.220 e. The van der Waals surface area contributed by atoms with Crippen LogP contribution in [0.5, 0.6) is 0 Å². The summed E-state index contributed by atoms with van der Waals surface area (Å²) in [5.74, 6) is -0.172. The molecule has 7 atom stereocenters. The van der Waals surface area contributed by atoms with Crippen LogP contribution in [-0.2, 0) is 14.3 Å². The van der Waals surface area contributed by atoms with Gasteiger partial charge in [0.2, 0.25) is 5.91 Å². The Morgan fingerprint density at radius 2 is 0.873 bits per heavy atom. The van der Waals surface area contributed by atoms with Crippen LogP contribution in [0, 0.1) is 0 Å². The third-order valence-corrected chi connectivity index (χ3v) is 13.4. The maximum absolute atomic E-state index is 13.0. The zero-order chi connectivity index (χ0) is 45.9. The molecule has 1 rings (SSSR count). The van der Waals surface area contributed by atoms with Gasteiger partial charge in [0.1, 0.15) is 24.4 Å². The van der Waals surface area contributed by atoms with Crippen LogP contribution < -0.4 is 5.32 Å². The first-order valence-electron chi connectivity index (χ1n) is 27.4. The van der Waals surface area contributed by atoms with Crippen LogP contribution in [-0.4, -0.2) is 87.5 Å². The molecule has 0 spiro atoms. The number of carbonyl (C=O) groups is 1. The molecule has 0 radical (unpaired) electrons. The molecular formula is C54H105NO8. The number of unbranched alkanes of at least 4 members (excludes halogenated alkanes) is 37. The number of nitrogens with one attached hydrogen (secondary N) is 1. The van der Waals surface area contributed by atoms with Crippen LogP contribution in [0.25, 0.3) is 0 Å². The molecule has 0 aromatic carbocycles. The van der Waals surface area contributed by atoms with Gasteiger partial charge in [-0.25, -0.2) is 0 Å². The van der Waals surface area contributed by atoms with Gasteiger partial charge in [-0.3, -0.25) is 4.79 Å². The molecule has 0 aromatic rings. The van der Waals surface area contributed by atoms with E-state index in [1.54, 1.807) is 6.08 Å². The Kier molecular flexibility index (Phi) is 42.6. The van der Waals surface area contributed by atoms with Crippen molar-refractivity contribution in [3.05, 3.63) is 12.2 Å². The van der Waals surface area contributed by atoms with Gasteiger partial charge >= 0.3 is 0 Å². The molecule has 1 aliphatic rings. The molecule has 9 heteroatoms. The average Bonchev–Trinajstić information content (AvgIpc) is 3.28. The van der Waals surface area contributed by atoms with Crippen LogP contribution in [0.2, 0.25) is 0 Å². The van der Waals surface area contributed by atoms with Crippen LogP contribution in [0.3, 0.4) is 0 Å². The minimum atomic E-state index is -1.56. The molecule has 6 N–H and O–H groups in total. The number of rotatable bonds is 47. The zero-order valence-corrected chi connectivity index (χ0v) is 41.4. The Bertz CT molecular complexity index is 997. The second kappa shape index (κ2) is 44.7. The standard InChI is InChI=1S/C54H105NO8/c1-3-5-7-9-11-13-15-17-19-20-21-22-23-24-25-26-27-28-30-31-33-35-37-39-41-43-48(57)47(46-62-54-53(61)52(60)51(59)49(45-56)63-54)55-50(58)44-42-40-38-36-34-32-29-18-16-14-12-10-8-6-4-2/h41,43,47-49,51-54,56-57,59-61H,3-40,42,44-46H2,1-2H3,(H,55,58)/b43-41+. The average molecular weight is 896 g/mol. The molecule has 63 heavy (non-hydrogen) atoms. The Morgan fingerprint density at radius 3 is 1.24 bits per heavy atom. The van der Waals surface area contributed by atoms with E-state index in [0.29, 0.717) is 6.42 Å². The van der Waals surface area contributed by atoms with Crippen LogP contribution in [0.15, 0.2) is 12.2 Å². The van der Waals surface area contributed by atoms with E-state index in [1.165, 1.54) is 212 Å². The lowest BCUT2D eigenvalue weighted by atomic mass is 9.99. The van der Waals surface area contributed by atoms with E-state index in [2.05, 4.69) is 19.2 Å². The third kappa shape index (κ3) is 34.8. The number of carbonyl (C=O) groups excluding carboxylic acids is 1. The highest BCUT2D eigenvalue weighted by Gasteiger charge is 2.44. The molecule has 1 heterocycles. The van der Waals surface area contributed by atoms with Crippen LogP contribution >= 0.6 is 0 Å². The fourth-order valence-electron chi connectivity index (χ4n) is 8.98.